The molecule has 0 aliphatic rings. The topological polar surface area (TPSA) is 40.5 Å². The van der Waals surface area contributed by atoms with Crippen molar-refractivity contribution >= 4 is 0 Å². The van der Waals surface area contributed by atoms with Crippen molar-refractivity contribution in [3.8, 4) is 0 Å². The summed E-state index contributed by atoms with van der Waals surface area (Å²) in [5.41, 5.74) is -0.605. The fraction of sp³-hybridized carbons (Fsp3) is 0.750. The van der Waals surface area contributed by atoms with Crippen LogP contribution < -0.4 is 0 Å². The Kier molecular flexibility index (Phi) is 4.32. The zero-order valence-electron chi connectivity index (χ0n) is 6.67. The number of rotatable bonds is 4. The Labute approximate surface area is 62.2 Å². The molecule has 0 aromatic rings. The van der Waals surface area contributed by atoms with E-state index in [4.69, 9.17) is 5.11 Å². The van der Waals surface area contributed by atoms with Crippen molar-refractivity contribution in [1.82, 2.24) is 0 Å². The SMILES string of the molecule is CCC(C)(O)C/C=C/CO. The molecule has 0 amide bonds. The number of hydrogen-bond acceptors (Lipinski definition) is 2. The lowest BCUT2D eigenvalue weighted by Crippen LogP contribution is -2.21. The Hall–Kier alpha value is -0.340. The van der Waals surface area contributed by atoms with E-state index in [-0.39, 0.29) is 6.61 Å². The second-order valence-corrected chi connectivity index (χ2v) is 2.71. The largest absolute Gasteiger partial charge is 0.392 e. The summed E-state index contributed by atoms with van der Waals surface area (Å²) >= 11 is 0. The molecule has 0 aromatic heterocycles. The van der Waals surface area contributed by atoms with Gasteiger partial charge in [0.2, 0.25) is 0 Å². The van der Waals surface area contributed by atoms with Crippen molar-refractivity contribution in [2.45, 2.75) is 32.3 Å². The van der Waals surface area contributed by atoms with E-state index in [1.54, 1.807) is 19.1 Å². The minimum Gasteiger partial charge on any atom is -0.392 e. The molecule has 0 heterocycles. The summed E-state index contributed by atoms with van der Waals surface area (Å²) < 4.78 is 0. The van der Waals surface area contributed by atoms with Gasteiger partial charge >= 0.3 is 0 Å². The van der Waals surface area contributed by atoms with Crippen molar-refractivity contribution in [3.63, 3.8) is 0 Å². The molecule has 0 aliphatic carbocycles. The van der Waals surface area contributed by atoms with Gasteiger partial charge in [-0.15, -0.1) is 0 Å². The van der Waals surface area contributed by atoms with Crippen LogP contribution in [0.4, 0.5) is 0 Å². The maximum absolute atomic E-state index is 9.42. The zero-order valence-corrected chi connectivity index (χ0v) is 6.67. The second kappa shape index (κ2) is 4.47. The maximum Gasteiger partial charge on any atom is 0.0651 e. The van der Waals surface area contributed by atoms with E-state index < -0.39 is 5.60 Å². The van der Waals surface area contributed by atoms with Crippen LogP contribution in [0, 0.1) is 0 Å². The van der Waals surface area contributed by atoms with Gasteiger partial charge in [-0.2, -0.15) is 0 Å². The summed E-state index contributed by atoms with van der Waals surface area (Å²) in [5.74, 6) is 0. The van der Waals surface area contributed by atoms with Gasteiger partial charge < -0.3 is 10.2 Å². The van der Waals surface area contributed by atoms with Crippen LogP contribution in [-0.2, 0) is 0 Å². The van der Waals surface area contributed by atoms with E-state index in [1.807, 2.05) is 6.92 Å². The second-order valence-electron chi connectivity index (χ2n) is 2.71. The Morgan fingerprint density at radius 3 is 2.40 bits per heavy atom. The number of hydrogen-bond donors (Lipinski definition) is 2. The Bertz CT molecular complexity index is 106. The third-order valence-corrected chi connectivity index (χ3v) is 1.59. The fourth-order valence-electron chi connectivity index (χ4n) is 0.556. The first-order valence-electron chi connectivity index (χ1n) is 3.60. The molecule has 2 N–H and O–H groups in total. The van der Waals surface area contributed by atoms with Gasteiger partial charge in [-0.25, -0.2) is 0 Å². The van der Waals surface area contributed by atoms with E-state index in [2.05, 4.69) is 0 Å². The zero-order chi connectivity index (χ0) is 8.04. The van der Waals surface area contributed by atoms with E-state index in [9.17, 15) is 5.11 Å². The first-order chi connectivity index (χ1) is 4.62. The molecule has 0 fully saturated rings. The van der Waals surface area contributed by atoms with Crippen LogP contribution in [0.3, 0.4) is 0 Å². The average Bonchev–Trinajstić information content (AvgIpc) is 1.89. The molecule has 0 spiro atoms. The molecule has 0 radical (unpaired) electrons. The Morgan fingerprint density at radius 2 is 2.00 bits per heavy atom. The number of aliphatic hydroxyl groups excluding tert-OH is 1. The number of aliphatic hydroxyl groups is 2. The summed E-state index contributed by atoms with van der Waals surface area (Å²) in [5, 5.41) is 17.8. The normalized spacial score (nSPS) is 17.6. The van der Waals surface area contributed by atoms with Crippen LogP contribution >= 0.6 is 0 Å². The van der Waals surface area contributed by atoms with E-state index in [0.29, 0.717) is 6.42 Å². The van der Waals surface area contributed by atoms with Gasteiger partial charge in [0.25, 0.3) is 0 Å². The summed E-state index contributed by atoms with van der Waals surface area (Å²) in [7, 11) is 0. The average molecular weight is 144 g/mol. The first-order valence-corrected chi connectivity index (χ1v) is 3.60. The third-order valence-electron chi connectivity index (χ3n) is 1.59. The lowest BCUT2D eigenvalue weighted by atomic mass is 9.99. The molecule has 1 unspecified atom stereocenters. The van der Waals surface area contributed by atoms with E-state index in [0.717, 1.165) is 6.42 Å². The molecule has 0 aliphatic heterocycles. The van der Waals surface area contributed by atoms with Gasteiger partial charge in [0, 0.05) is 0 Å². The highest BCUT2D eigenvalue weighted by atomic mass is 16.3. The first kappa shape index (κ1) is 9.66. The van der Waals surface area contributed by atoms with Crippen LogP contribution in [0.2, 0.25) is 0 Å². The molecule has 60 valence electrons. The third kappa shape index (κ3) is 4.53. The molecule has 0 rings (SSSR count). The molecule has 0 saturated heterocycles. The molecule has 10 heavy (non-hydrogen) atoms. The lowest BCUT2D eigenvalue weighted by Gasteiger charge is -2.18. The maximum atomic E-state index is 9.42. The van der Waals surface area contributed by atoms with E-state index in [1.165, 1.54) is 0 Å². The van der Waals surface area contributed by atoms with Crippen molar-refractivity contribution < 1.29 is 10.2 Å². The van der Waals surface area contributed by atoms with Crippen molar-refractivity contribution in [2.75, 3.05) is 6.61 Å². The van der Waals surface area contributed by atoms with E-state index >= 15 is 0 Å². The summed E-state index contributed by atoms with van der Waals surface area (Å²) in [6, 6.07) is 0. The fourth-order valence-corrected chi connectivity index (χ4v) is 0.556. The smallest absolute Gasteiger partial charge is 0.0651 e. The highest BCUT2D eigenvalue weighted by Gasteiger charge is 2.13. The molecular weight excluding hydrogens is 128 g/mol. The molecule has 2 nitrogen and oxygen atoms in total. The summed E-state index contributed by atoms with van der Waals surface area (Å²) in [6.45, 7) is 3.78. The van der Waals surface area contributed by atoms with Crippen LogP contribution in [0.5, 0.6) is 0 Å². The van der Waals surface area contributed by atoms with Crippen LogP contribution in [0.15, 0.2) is 12.2 Å². The molecule has 1 atom stereocenters. The van der Waals surface area contributed by atoms with Crippen LogP contribution in [-0.4, -0.2) is 22.4 Å². The minimum absolute atomic E-state index is 0.0554. The monoisotopic (exact) mass is 144 g/mol. The van der Waals surface area contributed by atoms with Gasteiger partial charge in [-0.1, -0.05) is 19.1 Å². The van der Waals surface area contributed by atoms with Crippen molar-refractivity contribution in [2.24, 2.45) is 0 Å². The predicted octanol–water partition coefficient (Wildman–Crippen LogP) is 1.09. The lowest BCUT2D eigenvalue weighted by molar-refractivity contribution is 0.0591. The summed E-state index contributed by atoms with van der Waals surface area (Å²) in [6.07, 6.45) is 4.79. The molecule has 0 bridgehead atoms. The highest BCUT2D eigenvalue weighted by molar-refractivity contribution is 4.88. The predicted molar refractivity (Wildman–Crippen MR) is 41.8 cm³/mol. The standard InChI is InChI=1S/C8H16O2/c1-3-8(2,10)6-4-5-7-9/h4-5,9-10H,3,6-7H2,1-2H3/b5-4+. The van der Waals surface area contributed by atoms with Gasteiger partial charge in [-0.3, -0.25) is 0 Å². The quantitative estimate of drug-likeness (QED) is 0.580. The minimum atomic E-state index is -0.605. The Morgan fingerprint density at radius 1 is 1.40 bits per heavy atom. The highest BCUT2D eigenvalue weighted by Crippen LogP contribution is 2.13. The summed E-state index contributed by atoms with van der Waals surface area (Å²) in [4.78, 5) is 0. The van der Waals surface area contributed by atoms with Gasteiger partial charge in [0.15, 0.2) is 0 Å². The van der Waals surface area contributed by atoms with Gasteiger partial charge in [-0.05, 0) is 19.8 Å². The Balaban J connectivity index is 3.56. The van der Waals surface area contributed by atoms with Crippen molar-refractivity contribution in [1.29, 1.82) is 0 Å². The molecule has 0 aromatic carbocycles. The molecule has 0 saturated carbocycles. The van der Waals surface area contributed by atoms with Crippen LogP contribution in [0.1, 0.15) is 26.7 Å². The van der Waals surface area contributed by atoms with Crippen molar-refractivity contribution in [3.05, 3.63) is 12.2 Å². The van der Waals surface area contributed by atoms with Gasteiger partial charge in [0.1, 0.15) is 0 Å². The molecular formula is C8H16O2. The van der Waals surface area contributed by atoms with Crippen LogP contribution in [0.25, 0.3) is 0 Å². The molecule has 2 heteroatoms. The van der Waals surface area contributed by atoms with Gasteiger partial charge in [0.05, 0.1) is 12.2 Å².